The summed E-state index contributed by atoms with van der Waals surface area (Å²) in [5, 5.41) is 9.44. The average Bonchev–Trinajstić information content (AvgIpc) is 2.99. The number of carboxylic acids is 1. The molecule has 0 saturated carbocycles. The predicted molar refractivity (Wildman–Crippen MR) is 96.6 cm³/mol. The third-order valence-corrected chi connectivity index (χ3v) is 6.70. The van der Waals surface area contributed by atoms with Gasteiger partial charge in [0.2, 0.25) is 0 Å². The summed E-state index contributed by atoms with van der Waals surface area (Å²) in [6.07, 6.45) is 1.61. The molecule has 5 nitrogen and oxygen atoms in total. The van der Waals surface area contributed by atoms with Crippen LogP contribution in [0.25, 0.3) is 10.6 Å². The van der Waals surface area contributed by atoms with Crippen molar-refractivity contribution in [1.29, 1.82) is 0 Å². The molecule has 1 aromatic carbocycles. The van der Waals surface area contributed by atoms with Gasteiger partial charge in [0.15, 0.2) is 9.84 Å². The maximum atomic E-state index is 12.7. The van der Waals surface area contributed by atoms with Gasteiger partial charge in [-0.25, -0.2) is 13.2 Å². The van der Waals surface area contributed by atoms with Gasteiger partial charge in [0.25, 0.3) is 0 Å². The van der Waals surface area contributed by atoms with Crippen LogP contribution in [0.1, 0.15) is 20.8 Å². The maximum Gasteiger partial charge on any atom is 0.346 e. The number of rotatable bonds is 5. The van der Waals surface area contributed by atoms with E-state index in [9.17, 15) is 18.3 Å². The van der Waals surface area contributed by atoms with Crippen molar-refractivity contribution in [1.82, 2.24) is 4.98 Å². The molecule has 7 heteroatoms. The van der Waals surface area contributed by atoms with Crippen molar-refractivity contribution in [3.8, 4) is 10.6 Å². The van der Waals surface area contributed by atoms with Gasteiger partial charge < -0.3 is 5.11 Å². The average molecular weight is 373 g/mol. The molecule has 0 bridgehead atoms. The number of benzene rings is 1. The predicted octanol–water partition coefficient (Wildman–Crippen LogP) is 3.79. The van der Waals surface area contributed by atoms with Gasteiger partial charge in [0.1, 0.15) is 4.88 Å². The molecule has 0 aliphatic rings. The Morgan fingerprint density at radius 1 is 1.16 bits per heavy atom. The number of carbonyl (C=O) groups is 1. The van der Waals surface area contributed by atoms with E-state index in [-0.39, 0.29) is 21.1 Å². The van der Waals surface area contributed by atoms with E-state index < -0.39 is 15.8 Å². The summed E-state index contributed by atoms with van der Waals surface area (Å²) in [5.74, 6) is -1.50. The zero-order chi connectivity index (χ0) is 18.0. The molecule has 3 rings (SSSR count). The standard InChI is InChI=1S/C18H15NO4S2/c1-12-6-2-3-8-16(12)25(22,23)11-13-10-15(24-17(13)18(20)21)14-7-4-5-9-19-14/h2-10H,11H2,1H3,(H,20,21). The molecular weight excluding hydrogens is 358 g/mol. The van der Waals surface area contributed by atoms with E-state index in [4.69, 9.17) is 0 Å². The first-order valence-electron chi connectivity index (χ1n) is 7.44. The van der Waals surface area contributed by atoms with Crippen LogP contribution in [0.2, 0.25) is 0 Å². The van der Waals surface area contributed by atoms with Crippen molar-refractivity contribution in [3.05, 3.63) is 70.7 Å². The Bertz CT molecular complexity index is 1020. The normalized spacial score (nSPS) is 11.4. The minimum Gasteiger partial charge on any atom is -0.477 e. The molecule has 0 atom stereocenters. The van der Waals surface area contributed by atoms with Crippen molar-refractivity contribution in [2.24, 2.45) is 0 Å². The van der Waals surface area contributed by atoms with E-state index >= 15 is 0 Å². The van der Waals surface area contributed by atoms with Gasteiger partial charge in [-0.3, -0.25) is 4.98 Å². The van der Waals surface area contributed by atoms with Gasteiger partial charge in [-0.2, -0.15) is 0 Å². The van der Waals surface area contributed by atoms with Crippen LogP contribution in [0.3, 0.4) is 0 Å². The molecule has 0 amide bonds. The zero-order valence-electron chi connectivity index (χ0n) is 13.3. The number of aryl methyl sites for hydroxylation is 1. The van der Waals surface area contributed by atoms with Crippen LogP contribution in [-0.4, -0.2) is 24.5 Å². The second kappa shape index (κ2) is 6.78. The first-order chi connectivity index (χ1) is 11.9. The van der Waals surface area contributed by atoms with Crippen LogP contribution in [0.4, 0.5) is 0 Å². The fourth-order valence-corrected chi connectivity index (χ4v) is 5.26. The molecule has 2 aromatic heterocycles. The molecule has 128 valence electrons. The first-order valence-corrected chi connectivity index (χ1v) is 9.91. The monoisotopic (exact) mass is 373 g/mol. The molecule has 0 saturated heterocycles. The van der Waals surface area contributed by atoms with Gasteiger partial charge in [-0.05, 0) is 42.3 Å². The topological polar surface area (TPSA) is 84.3 Å². The number of sulfone groups is 1. The lowest BCUT2D eigenvalue weighted by Crippen LogP contribution is -2.08. The van der Waals surface area contributed by atoms with Crippen LogP contribution in [0.15, 0.2) is 59.6 Å². The zero-order valence-corrected chi connectivity index (χ0v) is 15.0. The highest BCUT2D eigenvalue weighted by atomic mass is 32.2. The first kappa shape index (κ1) is 17.3. The fourth-order valence-electron chi connectivity index (χ4n) is 2.54. The molecule has 0 aliphatic heterocycles. The van der Waals surface area contributed by atoms with Crippen LogP contribution < -0.4 is 0 Å². The molecule has 0 fully saturated rings. The summed E-state index contributed by atoms with van der Waals surface area (Å²) < 4.78 is 25.5. The summed E-state index contributed by atoms with van der Waals surface area (Å²) in [5.41, 5.74) is 1.54. The smallest absolute Gasteiger partial charge is 0.346 e. The lowest BCUT2D eigenvalue weighted by atomic mass is 10.2. The lowest BCUT2D eigenvalue weighted by molar-refractivity contribution is 0.0701. The summed E-state index contributed by atoms with van der Waals surface area (Å²) in [4.78, 5) is 16.6. The van der Waals surface area contributed by atoms with E-state index in [0.717, 1.165) is 11.3 Å². The molecule has 0 spiro atoms. The van der Waals surface area contributed by atoms with Crippen LogP contribution in [0, 0.1) is 6.92 Å². The summed E-state index contributed by atoms with van der Waals surface area (Å²) >= 11 is 1.03. The molecular formula is C18H15NO4S2. The number of hydrogen-bond acceptors (Lipinski definition) is 5. The number of hydrogen-bond donors (Lipinski definition) is 1. The van der Waals surface area contributed by atoms with Crippen molar-refractivity contribution in [3.63, 3.8) is 0 Å². The minimum atomic E-state index is -3.65. The van der Waals surface area contributed by atoms with Crippen molar-refractivity contribution in [2.45, 2.75) is 17.6 Å². The number of pyridine rings is 1. The number of nitrogens with zero attached hydrogens (tertiary/aromatic N) is 1. The quantitative estimate of drug-likeness (QED) is 0.735. The van der Waals surface area contributed by atoms with E-state index in [0.29, 0.717) is 16.1 Å². The Morgan fingerprint density at radius 3 is 2.52 bits per heavy atom. The van der Waals surface area contributed by atoms with Gasteiger partial charge in [0, 0.05) is 6.20 Å². The number of carboxylic acid groups (broad SMARTS) is 1. The van der Waals surface area contributed by atoms with Crippen LogP contribution in [-0.2, 0) is 15.6 Å². The Kier molecular flexibility index (Phi) is 4.69. The highest BCUT2D eigenvalue weighted by molar-refractivity contribution is 7.90. The van der Waals surface area contributed by atoms with Crippen LogP contribution >= 0.6 is 11.3 Å². The molecule has 1 N–H and O–H groups in total. The number of aromatic nitrogens is 1. The lowest BCUT2D eigenvalue weighted by Gasteiger charge is -2.07. The molecule has 2 heterocycles. The summed E-state index contributed by atoms with van der Waals surface area (Å²) in [7, 11) is -3.65. The third kappa shape index (κ3) is 3.62. The van der Waals surface area contributed by atoms with E-state index in [1.54, 1.807) is 55.6 Å². The van der Waals surface area contributed by atoms with Crippen molar-refractivity contribution < 1.29 is 18.3 Å². The second-order valence-corrected chi connectivity index (χ2v) is 8.52. The Balaban J connectivity index is 2.04. The fraction of sp³-hybridized carbons (Fsp3) is 0.111. The van der Waals surface area contributed by atoms with E-state index in [1.807, 2.05) is 0 Å². The van der Waals surface area contributed by atoms with Gasteiger partial charge in [-0.15, -0.1) is 11.3 Å². The number of thiophene rings is 1. The molecule has 0 aliphatic carbocycles. The molecule has 3 aromatic rings. The Morgan fingerprint density at radius 2 is 1.88 bits per heavy atom. The molecule has 0 radical (unpaired) electrons. The highest BCUT2D eigenvalue weighted by Gasteiger charge is 2.24. The summed E-state index contributed by atoms with van der Waals surface area (Å²) in [6.45, 7) is 1.72. The van der Waals surface area contributed by atoms with Crippen molar-refractivity contribution in [2.75, 3.05) is 0 Å². The Labute approximate surface area is 149 Å². The summed E-state index contributed by atoms with van der Waals surface area (Å²) in [6, 6.07) is 13.6. The maximum absolute atomic E-state index is 12.7. The van der Waals surface area contributed by atoms with E-state index in [2.05, 4.69) is 4.98 Å². The molecule has 0 unspecified atom stereocenters. The van der Waals surface area contributed by atoms with Gasteiger partial charge in [0.05, 0.1) is 21.2 Å². The van der Waals surface area contributed by atoms with E-state index in [1.165, 1.54) is 6.07 Å². The second-order valence-electron chi connectivity index (χ2n) is 5.51. The SMILES string of the molecule is Cc1ccccc1S(=O)(=O)Cc1cc(-c2ccccn2)sc1C(=O)O. The molecule has 25 heavy (non-hydrogen) atoms. The van der Waals surface area contributed by atoms with Gasteiger partial charge >= 0.3 is 5.97 Å². The highest BCUT2D eigenvalue weighted by Crippen LogP contribution is 2.33. The Hall–Kier alpha value is -2.51. The van der Waals surface area contributed by atoms with Gasteiger partial charge in [-0.1, -0.05) is 24.3 Å². The van der Waals surface area contributed by atoms with Crippen molar-refractivity contribution >= 4 is 27.1 Å². The number of aromatic carboxylic acids is 1. The minimum absolute atomic E-state index is 0.0258. The largest absolute Gasteiger partial charge is 0.477 e. The third-order valence-electron chi connectivity index (χ3n) is 3.69. The van der Waals surface area contributed by atoms with Crippen LogP contribution in [0.5, 0.6) is 0 Å².